The average Bonchev–Trinajstić information content (AvgIpc) is 2.93. The zero-order chi connectivity index (χ0) is 16.4. The van der Waals surface area contributed by atoms with Crippen LogP contribution in [0.15, 0.2) is 42.6 Å². The topological polar surface area (TPSA) is 40.8 Å². The van der Waals surface area contributed by atoms with Crippen LogP contribution in [0.5, 0.6) is 0 Å². The van der Waals surface area contributed by atoms with Crippen LogP contribution in [0.2, 0.25) is 0 Å². The van der Waals surface area contributed by atoms with Crippen LogP contribution in [0.25, 0.3) is 22.0 Å². The minimum absolute atomic E-state index is 0.0689. The summed E-state index contributed by atoms with van der Waals surface area (Å²) in [5, 5.41) is 9.94. The van der Waals surface area contributed by atoms with Gasteiger partial charge < -0.3 is 9.29 Å². The SMILES string of the molecule is CCn1cc(-c2ccc(C#N)c(F)c2)c2ccc(NSC)cc21. The van der Waals surface area contributed by atoms with Gasteiger partial charge in [0.1, 0.15) is 11.9 Å². The van der Waals surface area contributed by atoms with Crippen LogP contribution < -0.4 is 4.72 Å². The van der Waals surface area contributed by atoms with Gasteiger partial charge >= 0.3 is 0 Å². The second-order valence-corrected chi connectivity index (χ2v) is 5.79. The lowest BCUT2D eigenvalue weighted by Crippen LogP contribution is -1.91. The Morgan fingerprint density at radius 2 is 2.09 bits per heavy atom. The highest BCUT2D eigenvalue weighted by molar-refractivity contribution is 7.99. The van der Waals surface area contributed by atoms with E-state index in [0.29, 0.717) is 0 Å². The van der Waals surface area contributed by atoms with Crippen LogP contribution >= 0.6 is 11.9 Å². The lowest BCUT2D eigenvalue weighted by Gasteiger charge is -2.05. The van der Waals surface area contributed by atoms with E-state index in [2.05, 4.69) is 22.3 Å². The summed E-state index contributed by atoms with van der Waals surface area (Å²) >= 11 is 1.55. The van der Waals surface area contributed by atoms with Crippen LogP contribution in [0, 0.1) is 17.1 Å². The van der Waals surface area contributed by atoms with Crippen molar-refractivity contribution >= 4 is 28.5 Å². The molecule has 5 heteroatoms. The van der Waals surface area contributed by atoms with Crippen molar-refractivity contribution in [1.82, 2.24) is 4.57 Å². The predicted molar refractivity (Wildman–Crippen MR) is 94.9 cm³/mol. The summed E-state index contributed by atoms with van der Waals surface area (Å²) in [6.45, 7) is 2.91. The molecule has 2 aromatic carbocycles. The smallest absolute Gasteiger partial charge is 0.141 e. The van der Waals surface area contributed by atoms with Crippen molar-refractivity contribution in [2.24, 2.45) is 0 Å². The van der Waals surface area contributed by atoms with Gasteiger partial charge in [0, 0.05) is 35.6 Å². The van der Waals surface area contributed by atoms with Gasteiger partial charge in [-0.05, 0) is 36.8 Å². The van der Waals surface area contributed by atoms with Crippen LogP contribution in [0.3, 0.4) is 0 Å². The van der Waals surface area contributed by atoms with Crippen LogP contribution in [0.1, 0.15) is 12.5 Å². The maximum absolute atomic E-state index is 13.9. The lowest BCUT2D eigenvalue weighted by atomic mass is 10.0. The third-order valence-corrected chi connectivity index (χ3v) is 4.28. The number of aryl methyl sites for hydroxylation is 1. The standard InChI is InChI=1S/C18H16FN3S/c1-3-22-11-16(12-4-5-13(10-20)17(19)8-12)15-7-6-14(21-23-2)9-18(15)22/h4-9,11,21H,3H2,1-2H3. The van der Waals surface area contributed by atoms with Crippen LogP contribution in [0.4, 0.5) is 10.1 Å². The predicted octanol–water partition coefficient (Wildman–Crippen LogP) is 5.03. The van der Waals surface area contributed by atoms with E-state index in [9.17, 15) is 4.39 Å². The van der Waals surface area contributed by atoms with Gasteiger partial charge in [-0.15, -0.1) is 0 Å². The zero-order valence-corrected chi connectivity index (χ0v) is 13.7. The number of anilines is 1. The lowest BCUT2D eigenvalue weighted by molar-refractivity contribution is 0.624. The molecule has 116 valence electrons. The summed E-state index contributed by atoms with van der Waals surface area (Å²) in [4.78, 5) is 0. The molecule has 0 aliphatic rings. The van der Waals surface area contributed by atoms with Gasteiger partial charge in [-0.25, -0.2) is 4.39 Å². The second-order valence-electron chi connectivity index (χ2n) is 5.17. The molecular weight excluding hydrogens is 309 g/mol. The Hall–Kier alpha value is -2.45. The average molecular weight is 325 g/mol. The number of hydrogen-bond acceptors (Lipinski definition) is 3. The first-order valence-corrected chi connectivity index (χ1v) is 8.52. The minimum atomic E-state index is -0.483. The van der Waals surface area contributed by atoms with Crippen molar-refractivity contribution in [3.05, 3.63) is 54.0 Å². The van der Waals surface area contributed by atoms with E-state index >= 15 is 0 Å². The highest BCUT2D eigenvalue weighted by Crippen LogP contribution is 2.33. The fourth-order valence-electron chi connectivity index (χ4n) is 2.74. The third kappa shape index (κ3) is 2.78. The van der Waals surface area contributed by atoms with Crippen LogP contribution in [-0.4, -0.2) is 10.8 Å². The number of halogens is 1. The quantitative estimate of drug-likeness (QED) is 0.684. The summed E-state index contributed by atoms with van der Waals surface area (Å²) in [5.41, 5.74) is 3.96. The maximum atomic E-state index is 13.9. The molecule has 0 atom stereocenters. The number of nitrogens with one attached hydrogen (secondary N) is 1. The van der Waals surface area contributed by atoms with Gasteiger partial charge in [-0.3, -0.25) is 0 Å². The summed E-state index contributed by atoms with van der Waals surface area (Å²) in [5.74, 6) is -0.483. The first kappa shape index (κ1) is 15.4. The highest BCUT2D eigenvalue weighted by atomic mass is 32.2. The van der Waals surface area contributed by atoms with Crippen molar-refractivity contribution in [2.75, 3.05) is 11.0 Å². The molecule has 23 heavy (non-hydrogen) atoms. The second kappa shape index (κ2) is 6.35. The highest BCUT2D eigenvalue weighted by Gasteiger charge is 2.12. The molecule has 0 amide bonds. The first-order chi connectivity index (χ1) is 11.2. The fourth-order valence-corrected chi connectivity index (χ4v) is 3.10. The summed E-state index contributed by atoms with van der Waals surface area (Å²) in [6.07, 6.45) is 4.02. The molecule has 1 N–H and O–H groups in total. The Morgan fingerprint density at radius 1 is 1.26 bits per heavy atom. The van der Waals surface area contributed by atoms with Crippen molar-refractivity contribution in [3.63, 3.8) is 0 Å². The van der Waals surface area contributed by atoms with Crippen molar-refractivity contribution in [2.45, 2.75) is 13.5 Å². The monoisotopic (exact) mass is 325 g/mol. The number of benzene rings is 2. The summed E-state index contributed by atoms with van der Waals surface area (Å²) in [7, 11) is 0. The molecule has 1 aromatic heterocycles. The molecule has 0 spiro atoms. The molecule has 1 heterocycles. The van der Waals surface area contributed by atoms with Gasteiger partial charge in [-0.2, -0.15) is 5.26 Å². The molecule has 0 saturated carbocycles. The number of rotatable bonds is 4. The normalized spacial score (nSPS) is 10.7. The van der Waals surface area contributed by atoms with Gasteiger partial charge in [-0.1, -0.05) is 24.1 Å². The van der Waals surface area contributed by atoms with E-state index in [0.717, 1.165) is 34.3 Å². The molecular formula is C18H16FN3S. The Labute approximate surface area is 138 Å². The van der Waals surface area contributed by atoms with Crippen LogP contribution in [-0.2, 0) is 6.54 Å². The number of aromatic nitrogens is 1. The van der Waals surface area contributed by atoms with Crippen molar-refractivity contribution in [3.8, 4) is 17.2 Å². The summed E-state index contributed by atoms with van der Waals surface area (Å²) < 4.78 is 19.3. The maximum Gasteiger partial charge on any atom is 0.141 e. The third-order valence-electron chi connectivity index (χ3n) is 3.84. The van der Waals surface area contributed by atoms with Gasteiger partial charge in [0.2, 0.25) is 0 Å². The molecule has 0 aliphatic heterocycles. The molecule has 0 radical (unpaired) electrons. The molecule has 0 saturated heterocycles. The number of hydrogen-bond donors (Lipinski definition) is 1. The molecule has 3 rings (SSSR count). The van der Waals surface area contributed by atoms with E-state index in [4.69, 9.17) is 5.26 Å². The van der Waals surface area contributed by atoms with Gasteiger partial charge in [0.05, 0.1) is 11.1 Å². The molecule has 0 fully saturated rings. The minimum Gasteiger partial charge on any atom is -0.347 e. The Morgan fingerprint density at radius 3 is 2.74 bits per heavy atom. The Balaban J connectivity index is 2.18. The zero-order valence-electron chi connectivity index (χ0n) is 12.9. The Kier molecular flexibility index (Phi) is 4.26. The Bertz CT molecular complexity index is 909. The van der Waals surface area contributed by atoms with Crippen molar-refractivity contribution < 1.29 is 4.39 Å². The molecule has 3 nitrogen and oxygen atoms in total. The molecule has 3 aromatic rings. The fraction of sp³-hybridized carbons (Fsp3) is 0.167. The van der Waals surface area contributed by atoms with Crippen molar-refractivity contribution in [1.29, 1.82) is 5.26 Å². The largest absolute Gasteiger partial charge is 0.347 e. The van der Waals surface area contributed by atoms with E-state index < -0.39 is 5.82 Å². The summed E-state index contributed by atoms with van der Waals surface area (Å²) in [6, 6.07) is 12.8. The number of nitrogens with zero attached hydrogens (tertiary/aromatic N) is 2. The van der Waals surface area contributed by atoms with E-state index in [-0.39, 0.29) is 5.56 Å². The van der Waals surface area contributed by atoms with Gasteiger partial charge in [0.15, 0.2) is 0 Å². The molecule has 0 bridgehead atoms. The molecule has 0 unspecified atom stereocenters. The van der Waals surface area contributed by atoms with E-state index in [1.807, 2.05) is 30.7 Å². The number of nitriles is 1. The molecule has 0 aliphatic carbocycles. The van der Waals surface area contributed by atoms with E-state index in [1.54, 1.807) is 18.0 Å². The van der Waals surface area contributed by atoms with Gasteiger partial charge in [0.25, 0.3) is 0 Å². The number of fused-ring (bicyclic) bond motifs is 1. The first-order valence-electron chi connectivity index (χ1n) is 7.29. The van der Waals surface area contributed by atoms with E-state index in [1.165, 1.54) is 12.1 Å².